The monoisotopic (exact) mass is 262 g/mol. The van der Waals surface area contributed by atoms with E-state index in [1.165, 1.54) is 17.4 Å². The second kappa shape index (κ2) is 6.60. The van der Waals surface area contributed by atoms with E-state index in [0.717, 1.165) is 38.5 Å². The highest BCUT2D eigenvalue weighted by molar-refractivity contribution is 5.88. The standard InChI is InChI=1S/C16H22O3/c1-2-19-11-14(16(17)18)15(12-7-3-4-8-12)13-9-5-6-10-13/h7,9,11,15H,2-6,8,10H2,1H3,(H,17,18). The van der Waals surface area contributed by atoms with Crippen LogP contribution in [0.5, 0.6) is 0 Å². The van der Waals surface area contributed by atoms with E-state index in [1.54, 1.807) is 0 Å². The van der Waals surface area contributed by atoms with Crippen LogP contribution in [0.1, 0.15) is 45.4 Å². The van der Waals surface area contributed by atoms with Crippen molar-refractivity contribution in [2.75, 3.05) is 6.61 Å². The van der Waals surface area contributed by atoms with Gasteiger partial charge in [0.05, 0.1) is 18.4 Å². The Morgan fingerprint density at radius 1 is 1.32 bits per heavy atom. The predicted octanol–water partition coefficient (Wildman–Crippen LogP) is 3.83. The smallest absolute Gasteiger partial charge is 0.335 e. The number of carboxylic acids is 1. The first-order chi connectivity index (χ1) is 9.24. The molecule has 0 saturated carbocycles. The number of hydrogen-bond donors (Lipinski definition) is 1. The minimum absolute atomic E-state index is 0.0611. The number of allylic oxidation sites excluding steroid dienone is 4. The van der Waals surface area contributed by atoms with E-state index in [2.05, 4.69) is 12.2 Å². The van der Waals surface area contributed by atoms with E-state index in [0.29, 0.717) is 12.2 Å². The lowest BCUT2D eigenvalue weighted by Gasteiger charge is -2.21. The molecule has 3 heteroatoms. The van der Waals surface area contributed by atoms with Crippen molar-refractivity contribution in [2.45, 2.75) is 45.4 Å². The van der Waals surface area contributed by atoms with Crippen LogP contribution in [0.2, 0.25) is 0 Å². The maximum absolute atomic E-state index is 11.6. The average molecular weight is 262 g/mol. The molecule has 0 heterocycles. The van der Waals surface area contributed by atoms with Gasteiger partial charge in [0.2, 0.25) is 0 Å². The summed E-state index contributed by atoms with van der Waals surface area (Å²) in [7, 11) is 0. The van der Waals surface area contributed by atoms with Gasteiger partial charge in [-0.05, 0) is 45.4 Å². The van der Waals surface area contributed by atoms with E-state index in [1.807, 2.05) is 6.92 Å². The molecule has 0 atom stereocenters. The van der Waals surface area contributed by atoms with Gasteiger partial charge in [0.1, 0.15) is 0 Å². The van der Waals surface area contributed by atoms with Gasteiger partial charge in [0.25, 0.3) is 0 Å². The van der Waals surface area contributed by atoms with Crippen molar-refractivity contribution >= 4 is 5.97 Å². The Morgan fingerprint density at radius 3 is 2.26 bits per heavy atom. The molecule has 0 fully saturated rings. The van der Waals surface area contributed by atoms with Gasteiger partial charge in [0, 0.05) is 5.92 Å². The first kappa shape index (κ1) is 13.9. The van der Waals surface area contributed by atoms with Gasteiger partial charge >= 0.3 is 5.97 Å². The average Bonchev–Trinajstić information content (AvgIpc) is 3.07. The molecular weight excluding hydrogens is 240 g/mol. The van der Waals surface area contributed by atoms with Gasteiger partial charge in [-0.25, -0.2) is 4.79 Å². The summed E-state index contributed by atoms with van der Waals surface area (Å²) in [6.07, 6.45) is 12.3. The summed E-state index contributed by atoms with van der Waals surface area (Å²) in [6.45, 7) is 2.37. The SMILES string of the molecule is CCOC=C(C(=O)O)C(C1=CCCC1)C1=CCCC1. The molecule has 0 spiro atoms. The molecule has 0 aromatic carbocycles. The molecular formula is C16H22O3. The zero-order valence-electron chi connectivity index (χ0n) is 11.5. The molecule has 2 aliphatic carbocycles. The lowest BCUT2D eigenvalue weighted by molar-refractivity contribution is -0.133. The number of rotatable bonds is 6. The fraction of sp³-hybridized carbons (Fsp3) is 0.562. The van der Waals surface area contributed by atoms with Crippen molar-refractivity contribution < 1.29 is 14.6 Å². The summed E-state index contributed by atoms with van der Waals surface area (Å²) in [5.41, 5.74) is 2.92. The van der Waals surface area contributed by atoms with Crippen LogP contribution in [0.25, 0.3) is 0 Å². The van der Waals surface area contributed by atoms with Crippen LogP contribution < -0.4 is 0 Å². The molecule has 0 aliphatic heterocycles. The summed E-state index contributed by atoms with van der Waals surface area (Å²) >= 11 is 0. The molecule has 0 aromatic heterocycles. The molecule has 2 aliphatic rings. The normalized spacial score (nSPS) is 19.6. The van der Waals surface area contributed by atoms with E-state index >= 15 is 0 Å². The van der Waals surface area contributed by atoms with Crippen molar-refractivity contribution in [1.82, 2.24) is 0 Å². The third kappa shape index (κ3) is 3.28. The number of hydrogen-bond acceptors (Lipinski definition) is 2. The Hall–Kier alpha value is -1.51. The van der Waals surface area contributed by atoms with Crippen LogP contribution >= 0.6 is 0 Å². The predicted molar refractivity (Wildman–Crippen MR) is 74.7 cm³/mol. The van der Waals surface area contributed by atoms with Crippen molar-refractivity contribution in [3.05, 3.63) is 35.1 Å². The van der Waals surface area contributed by atoms with Gasteiger partial charge in [-0.2, -0.15) is 0 Å². The lowest BCUT2D eigenvalue weighted by atomic mass is 9.84. The van der Waals surface area contributed by atoms with Gasteiger partial charge < -0.3 is 9.84 Å². The Kier molecular flexibility index (Phi) is 4.83. The van der Waals surface area contributed by atoms with Crippen LogP contribution in [0.3, 0.4) is 0 Å². The highest BCUT2D eigenvalue weighted by Crippen LogP contribution is 2.39. The maximum atomic E-state index is 11.6. The Labute approximate surface area is 114 Å². The summed E-state index contributed by atoms with van der Waals surface area (Å²) < 4.78 is 5.26. The summed E-state index contributed by atoms with van der Waals surface area (Å²) in [4.78, 5) is 11.6. The third-order valence-corrected chi connectivity index (χ3v) is 3.83. The molecule has 0 radical (unpaired) electrons. The second-order valence-electron chi connectivity index (χ2n) is 5.11. The van der Waals surface area contributed by atoms with E-state index in [-0.39, 0.29) is 5.92 Å². The number of aliphatic carboxylic acids is 1. The summed E-state index contributed by atoms with van der Waals surface area (Å²) in [5, 5.41) is 9.49. The van der Waals surface area contributed by atoms with Gasteiger partial charge in [-0.1, -0.05) is 23.3 Å². The van der Waals surface area contributed by atoms with E-state index in [4.69, 9.17) is 4.74 Å². The van der Waals surface area contributed by atoms with E-state index in [9.17, 15) is 9.90 Å². The zero-order valence-corrected chi connectivity index (χ0v) is 11.5. The van der Waals surface area contributed by atoms with E-state index < -0.39 is 5.97 Å². The lowest BCUT2D eigenvalue weighted by Crippen LogP contribution is -2.17. The molecule has 0 amide bonds. The van der Waals surface area contributed by atoms with Crippen LogP contribution in [-0.2, 0) is 9.53 Å². The highest BCUT2D eigenvalue weighted by atomic mass is 16.5. The maximum Gasteiger partial charge on any atom is 0.335 e. The zero-order chi connectivity index (χ0) is 13.7. The molecule has 0 bridgehead atoms. The van der Waals surface area contributed by atoms with Gasteiger partial charge in [0.15, 0.2) is 0 Å². The minimum atomic E-state index is -0.862. The van der Waals surface area contributed by atoms with Crippen molar-refractivity contribution in [3.8, 4) is 0 Å². The first-order valence-electron chi connectivity index (χ1n) is 7.16. The third-order valence-electron chi connectivity index (χ3n) is 3.83. The van der Waals surface area contributed by atoms with Gasteiger partial charge in [-0.3, -0.25) is 0 Å². The van der Waals surface area contributed by atoms with Crippen molar-refractivity contribution in [2.24, 2.45) is 5.92 Å². The molecule has 104 valence electrons. The Morgan fingerprint density at radius 2 is 1.89 bits per heavy atom. The molecule has 0 unspecified atom stereocenters. The molecule has 0 saturated heterocycles. The van der Waals surface area contributed by atoms with Crippen LogP contribution in [-0.4, -0.2) is 17.7 Å². The van der Waals surface area contributed by atoms with Crippen LogP contribution in [0, 0.1) is 5.92 Å². The number of ether oxygens (including phenoxy) is 1. The second-order valence-corrected chi connectivity index (χ2v) is 5.11. The van der Waals surface area contributed by atoms with Crippen LogP contribution in [0.15, 0.2) is 35.1 Å². The van der Waals surface area contributed by atoms with Crippen molar-refractivity contribution in [1.29, 1.82) is 0 Å². The summed E-state index contributed by atoms with van der Waals surface area (Å²) in [6, 6.07) is 0. The Balaban J connectivity index is 2.31. The molecule has 3 nitrogen and oxygen atoms in total. The number of carbonyl (C=O) groups is 1. The molecule has 1 N–H and O–H groups in total. The first-order valence-corrected chi connectivity index (χ1v) is 7.16. The minimum Gasteiger partial charge on any atom is -0.501 e. The fourth-order valence-electron chi connectivity index (χ4n) is 2.97. The topological polar surface area (TPSA) is 46.5 Å². The van der Waals surface area contributed by atoms with Crippen molar-refractivity contribution in [3.63, 3.8) is 0 Å². The molecule has 2 rings (SSSR count). The largest absolute Gasteiger partial charge is 0.501 e. The van der Waals surface area contributed by atoms with Crippen LogP contribution in [0.4, 0.5) is 0 Å². The quantitative estimate of drug-likeness (QED) is 0.449. The molecule has 0 aromatic rings. The van der Waals surface area contributed by atoms with Gasteiger partial charge in [-0.15, -0.1) is 0 Å². The molecule has 19 heavy (non-hydrogen) atoms. The number of carboxylic acid groups (broad SMARTS) is 1. The summed E-state index contributed by atoms with van der Waals surface area (Å²) in [5.74, 6) is -0.923. The fourth-order valence-corrected chi connectivity index (χ4v) is 2.97. The Bertz CT molecular complexity index is 405. The highest BCUT2D eigenvalue weighted by Gasteiger charge is 2.30.